The molecular weight excluding hydrogens is 383 g/mol. The van der Waals surface area contributed by atoms with Gasteiger partial charge in [0.1, 0.15) is 11.6 Å². The van der Waals surface area contributed by atoms with Crippen LogP contribution in [0.2, 0.25) is 0 Å². The van der Waals surface area contributed by atoms with E-state index in [0.717, 1.165) is 18.7 Å². The quantitative estimate of drug-likeness (QED) is 0.794. The number of rotatable bonds is 6. The van der Waals surface area contributed by atoms with Crippen molar-refractivity contribution < 1.29 is 18.5 Å². The molecule has 9 heteroatoms. The lowest BCUT2D eigenvalue weighted by molar-refractivity contribution is -0.128. The summed E-state index contributed by atoms with van der Waals surface area (Å²) in [4.78, 5) is 28.3. The number of benzene rings is 1. The first kappa shape index (κ1) is 20.2. The number of aromatic nitrogens is 1. The first-order valence-corrected chi connectivity index (χ1v) is 10.3. The third-order valence-corrected chi connectivity index (χ3v) is 5.31. The van der Waals surface area contributed by atoms with E-state index in [2.05, 4.69) is 15.4 Å². The summed E-state index contributed by atoms with van der Waals surface area (Å²) in [5, 5.41) is 6.33. The minimum atomic E-state index is -0.255. The summed E-state index contributed by atoms with van der Waals surface area (Å²) in [7, 11) is 0. The van der Waals surface area contributed by atoms with Crippen LogP contribution >= 0.6 is 11.8 Å². The third kappa shape index (κ3) is 5.72. The maximum absolute atomic E-state index is 13.1. The molecule has 3 rings (SSSR count). The van der Waals surface area contributed by atoms with Crippen molar-refractivity contribution in [3.8, 4) is 0 Å². The summed E-state index contributed by atoms with van der Waals surface area (Å²) in [5.41, 5.74) is 0.963. The molecule has 1 saturated heterocycles. The molecule has 1 N–H and O–H groups in total. The largest absolute Gasteiger partial charge is 0.370 e. The summed E-state index contributed by atoms with van der Waals surface area (Å²) in [5.74, 6) is 0.974. The third-order valence-electron chi connectivity index (χ3n) is 4.39. The van der Waals surface area contributed by atoms with E-state index in [1.165, 1.54) is 23.9 Å². The first-order valence-electron chi connectivity index (χ1n) is 9.10. The van der Waals surface area contributed by atoms with Gasteiger partial charge in [0, 0.05) is 37.9 Å². The van der Waals surface area contributed by atoms with Gasteiger partial charge in [-0.1, -0.05) is 5.16 Å². The van der Waals surface area contributed by atoms with Crippen molar-refractivity contribution in [2.45, 2.75) is 13.3 Å². The molecule has 7 nitrogen and oxygen atoms in total. The van der Waals surface area contributed by atoms with Gasteiger partial charge in [-0.2, -0.15) is 0 Å². The van der Waals surface area contributed by atoms with Crippen molar-refractivity contribution in [3.05, 3.63) is 41.9 Å². The average Bonchev–Trinajstić information content (AvgIpc) is 2.93. The number of nitrogens with zero attached hydrogens (tertiary/aromatic N) is 3. The Bertz CT molecular complexity index is 812. The highest BCUT2D eigenvalue weighted by atomic mass is 32.2. The van der Waals surface area contributed by atoms with E-state index in [-0.39, 0.29) is 29.1 Å². The first-order chi connectivity index (χ1) is 13.5. The van der Waals surface area contributed by atoms with Crippen LogP contribution in [0.15, 0.2) is 34.9 Å². The second kappa shape index (κ2) is 9.59. The number of hydrogen-bond acceptors (Lipinski definition) is 6. The molecule has 2 heterocycles. The van der Waals surface area contributed by atoms with Gasteiger partial charge >= 0.3 is 0 Å². The Hall–Kier alpha value is -2.55. The molecule has 1 fully saturated rings. The predicted octanol–water partition coefficient (Wildman–Crippen LogP) is 2.53. The molecule has 0 unspecified atom stereocenters. The highest BCUT2D eigenvalue weighted by molar-refractivity contribution is 8.00. The van der Waals surface area contributed by atoms with Crippen LogP contribution in [0, 0.1) is 12.7 Å². The smallest absolute Gasteiger partial charge is 0.235 e. The van der Waals surface area contributed by atoms with E-state index < -0.39 is 0 Å². The van der Waals surface area contributed by atoms with Crippen LogP contribution in [0.1, 0.15) is 12.2 Å². The molecule has 1 aliphatic heterocycles. The molecule has 0 radical (unpaired) electrons. The van der Waals surface area contributed by atoms with E-state index in [0.29, 0.717) is 31.2 Å². The molecule has 2 amide bonds. The number of amides is 2. The van der Waals surface area contributed by atoms with Crippen LogP contribution in [-0.4, -0.2) is 59.6 Å². The highest BCUT2D eigenvalue weighted by Crippen LogP contribution is 2.17. The fourth-order valence-electron chi connectivity index (χ4n) is 3.00. The molecule has 0 bridgehead atoms. The molecular formula is C19H23FN4O3S. The fraction of sp³-hybridized carbons (Fsp3) is 0.421. The average molecular weight is 406 g/mol. The lowest BCUT2D eigenvalue weighted by atomic mass is 10.2. The Balaban J connectivity index is 1.40. The van der Waals surface area contributed by atoms with Crippen LogP contribution in [0.25, 0.3) is 0 Å². The number of halogens is 1. The molecule has 2 aromatic rings. The van der Waals surface area contributed by atoms with Gasteiger partial charge in [0.25, 0.3) is 0 Å². The van der Waals surface area contributed by atoms with Crippen LogP contribution in [0.5, 0.6) is 0 Å². The molecule has 0 saturated carbocycles. The summed E-state index contributed by atoms with van der Waals surface area (Å²) < 4.78 is 18.0. The van der Waals surface area contributed by atoms with Crippen molar-refractivity contribution in [3.63, 3.8) is 0 Å². The Morgan fingerprint density at radius 3 is 2.68 bits per heavy atom. The SMILES string of the molecule is Cc1cc(NC(=O)CSCC(=O)N2CCCN(c3ccc(F)cc3)CC2)no1. The standard InChI is InChI=1S/C19H23FN4O3S/c1-14-11-17(22-27-14)21-18(25)12-28-13-19(26)24-8-2-7-23(9-10-24)16-5-3-15(20)4-6-16/h3-6,11H,2,7-10,12-13H2,1H3,(H,21,22,25). The van der Waals surface area contributed by atoms with Crippen molar-refractivity contribution in [2.75, 3.05) is 47.9 Å². The zero-order valence-corrected chi connectivity index (χ0v) is 16.5. The topological polar surface area (TPSA) is 78.7 Å². The molecule has 1 aliphatic rings. The van der Waals surface area contributed by atoms with E-state index in [9.17, 15) is 14.0 Å². The van der Waals surface area contributed by atoms with E-state index in [4.69, 9.17) is 4.52 Å². The van der Waals surface area contributed by atoms with E-state index in [1.54, 1.807) is 25.1 Å². The van der Waals surface area contributed by atoms with Gasteiger partial charge in [-0.25, -0.2) is 4.39 Å². The van der Waals surface area contributed by atoms with Crippen molar-refractivity contribution in [1.82, 2.24) is 10.1 Å². The minimum Gasteiger partial charge on any atom is -0.370 e. The Morgan fingerprint density at radius 1 is 1.18 bits per heavy atom. The Morgan fingerprint density at radius 2 is 1.96 bits per heavy atom. The lowest BCUT2D eigenvalue weighted by Crippen LogP contribution is -2.36. The van der Waals surface area contributed by atoms with Crippen LogP contribution < -0.4 is 10.2 Å². The molecule has 0 spiro atoms. The lowest BCUT2D eigenvalue weighted by Gasteiger charge is -2.23. The Kier molecular flexibility index (Phi) is 6.91. The van der Waals surface area contributed by atoms with Crippen LogP contribution in [0.3, 0.4) is 0 Å². The zero-order valence-electron chi connectivity index (χ0n) is 15.7. The Labute approximate surface area is 167 Å². The van der Waals surface area contributed by atoms with Crippen molar-refractivity contribution in [1.29, 1.82) is 0 Å². The van der Waals surface area contributed by atoms with Gasteiger partial charge in [-0.05, 0) is 37.6 Å². The van der Waals surface area contributed by atoms with Crippen molar-refractivity contribution >= 4 is 35.1 Å². The summed E-state index contributed by atoms with van der Waals surface area (Å²) >= 11 is 1.28. The van der Waals surface area contributed by atoms with Crippen LogP contribution in [0.4, 0.5) is 15.9 Å². The van der Waals surface area contributed by atoms with Crippen LogP contribution in [-0.2, 0) is 9.59 Å². The van der Waals surface area contributed by atoms with E-state index in [1.807, 2.05) is 4.90 Å². The van der Waals surface area contributed by atoms with Gasteiger partial charge < -0.3 is 19.6 Å². The number of anilines is 2. The van der Waals surface area contributed by atoms with Gasteiger partial charge in [0.2, 0.25) is 11.8 Å². The molecule has 1 aromatic carbocycles. The molecule has 1 aromatic heterocycles. The number of carbonyl (C=O) groups is 2. The summed E-state index contributed by atoms with van der Waals surface area (Å²) in [6, 6.07) is 8.06. The van der Waals surface area contributed by atoms with Gasteiger partial charge in [-0.15, -0.1) is 11.8 Å². The summed E-state index contributed by atoms with van der Waals surface area (Å²) in [6.07, 6.45) is 0.847. The van der Waals surface area contributed by atoms with Gasteiger partial charge in [0.15, 0.2) is 5.82 Å². The number of thioether (sulfide) groups is 1. The normalized spacial score (nSPS) is 14.6. The molecule has 0 atom stereocenters. The molecule has 150 valence electrons. The summed E-state index contributed by atoms with van der Waals surface area (Å²) in [6.45, 7) is 4.56. The van der Waals surface area contributed by atoms with E-state index >= 15 is 0 Å². The predicted molar refractivity (Wildman–Crippen MR) is 107 cm³/mol. The number of hydrogen-bond donors (Lipinski definition) is 1. The van der Waals surface area contributed by atoms with Crippen molar-refractivity contribution in [2.24, 2.45) is 0 Å². The zero-order chi connectivity index (χ0) is 19.9. The van der Waals surface area contributed by atoms with Gasteiger partial charge in [-0.3, -0.25) is 9.59 Å². The highest BCUT2D eigenvalue weighted by Gasteiger charge is 2.19. The monoisotopic (exact) mass is 406 g/mol. The number of aryl methyl sites for hydroxylation is 1. The molecule has 28 heavy (non-hydrogen) atoms. The van der Waals surface area contributed by atoms with Gasteiger partial charge in [0.05, 0.1) is 11.5 Å². The number of nitrogens with one attached hydrogen (secondary N) is 1. The maximum Gasteiger partial charge on any atom is 0.235 e. The second-order valence-electron chi connectivity index (χ2n) is 6.56. The maximum atomic E-state index is 13.1. The fourth-order valence-corrected chi connectivity index (χ4v) is 3.72. The molecule has 0 aliphatic carbocycles. The number of carbonyl (C=O) groups excluding carboxylic acids is 2. The second-order valence-corrected chi connectivity index (χ2v) is 7.55. The minimum absolute atomic E-state index is 0.0241.